The van der Waals surface area contributed by atoms with Gasteiger partial charge in [-0.3, -0.25) is 9.59 Å². The molecule has 1 aliphatic heterocycles. The molecular formula is C20H22N2O2. The molecule has 0 saturated heterocycles. The molecule has 2 fully saturated rings. The fourth-order valence-corrected chi connectivity index (χ4v) is 5.31. The zero-order valence-corrected chi connectivity index (χ0v) is 13.9. The van der Waals surface area contributed by atoms with E-state index in [0.717, 1.165) is 36.3 Å². The van der Waals surface area contributed by atoms with E-state index in [1.54, 1.807) is 11.8 Å². The molecule has 5 rings (SSSR count). The van der Waals surface area contributed by atoms with Gasteiger partial charge in [0.2, 0.25) is 11.8 Å². The third kappa shape index (κ3) is 1.86. The molecule has 124 valence electrons. The first-order valence-corrected chi connectivity index (χ1v) is 8.99. The van der Waals surface area contributed by atoms with Crippen LogP contribution >= 0.6 is 0 Å². The van der Waals surface area contributed by atoms with Crippen molar-refractivity contribution in [3.8, 4) is 0 Å². The molecule has 2 saturated carbocycles. The van der Waals surface area contributed by atoms with Crippen molar-refractivity contribution in [2.75, 3.05) is 16.8 Å². The fraction of sp³-hybridized carbons (Fsp3) is 0.500. The zero-order valence-electron chi connectivity index (χ0n) is 13.9. The molecule has 3 aliphatic carbocycles. The maximum atomic E-state index is 12.8. The summed E-state index contributed by atoms with van der Waals surface area (Å²) in [6.45, 7) is 2.34. The number of nitrogens with one attached hydrogen (secondary N) is 1. The molecule has 24 heavy (non-hydrogen) atoms. The second-order valence-corrected chi connectivity index (χ2v) is 7.85. The van der Waals surface area contributed by atoms with Crippen LogP contribution in [0.2, 0.25) is 0 Å². The maximum Gasteiger partial charge on any atom is 0.228 e. The SMILES string of the molecule is CC(=O)N1CCc2cc(NC(=O)[C@@H]3C[C@H]4C=C[C@H]3C43CC3)ccc21. The van der Waals surface area contributed by atoms with Crippen LogP contribution in [0.15, 0.2) is 30.4 Å². The van der Waals surface area contributed by atoms with E-state index in [4.69, 9.17) is 0 Å². The molecule has 2 bridgehead atoms. The molecule has 1 heterocycles. The lowest BCUT2D eigenvalue weighted by atomic mass is 9.88. The minimum Gasteiger partial charge on any atom is -0.326 e. The number of hydrogen-bond donors (Lipinski definition) is 1. The van der Waals surface area contributed by atoms with Crippen molar-refractivity contribution in [3.05, 3.63) is 35.9 Å². The summed E-state index contributed by atoms with van der Waals surface area (Å²) in [4.78, 5) is 26.2. The van der Waals surface area contributed by atoms with Gasteiger partial charge in [-0.25, -0.2) is 0 Å². The molecule has 4 aliphatic rings. The molecule has 1 spiro atoms. The standard InChI is InChI=1S/C20H22N2O2/c1-12(23)22-9-6-13-10-15(3-5-18(13)22)21-19(24)16-11-14-2-4-17(16)20(14)7-8-20/h2-5,10,14,16-17H,6-9,11H2,1H3,(H,21,24)/t14-,16-,17-/m1/s1. The zero-order chi connectivity index (χ0) is 16.5. The highest BCUT2D eigenvalue weighted by Crippen LogP contribution is 2.70. The first-order chi connectivity index (χ1) is 11.6. The lowest BCUT2D eigenvalue weighted by molar-refractivity contribution is -0.120. The highest BCUT2D eigenvalue weighted by Gasteiger charge is 2.64. The van der Waals surface area contributed by atoms with Crippen LogP contribution in [0.4, 0.5) is 11.4 Å². The van der Waals surface area contributed by atoms with Crippen LogP contribution in [0.25, 0.3) is 0 Å². The molecule has 3 atom stereocenters. The normalized spacial score (nSPS) is 30.7. The summed E-state index contributed by atoms with van der Waals surface area (Å²) in [5.74, 6) is 1.45. The number of hydrogen-bond acceptors (Lipinski definition) is 2. The van der Waals surface area contributed by atoms with E-state index >= 15 is 0 Å². The number of allylic oxidation sites excluding steroid dienone is 2. The van der Waals surface area contributed by atoms with Crippen LogP contribution in [0, 0.1) is 23.2 Å². The van der Waals surface area contributed by atoms with Gasteiger partial charge in [-0.05, 0) is 66.7 Å². The molecule has 2 amide bonds. The Labute approximate surface area is 141 Å². The predicted molar refractivity (Wildman–Crippen MR) is 92.7 cm³/mol. The highest BCUT2D eigenvalue weighted by atomic mass is 16.2. The quantitative estimate of drug-likeness (QED) is 0.851. The summed E-state index contributed by atoms with van der Waals surface area (Å²) in [7, 11) is 0. The van der Waals surface area contributed by atoms with E-state index < -0.39 is 0 Å². The number of fused-ring (bicyclic) bond motifs is 1. The molecule has 4 nitrogen and oxygen atoms in total. The molecule has 1 aromatic rings. The highest BCUT2D eigenvalue weighted by molar-refractivity contribution is 5.96. The number of carbonyl (C=O) groups is 2. The fourth-order valence-electron chi connectivity index (χ4n) is 5.31. The van der Waals surface area contributed by atoms with E-state index in [2.05, 4.69) is 17.5 Å². The number of rotatable bonds is 2. The summed E-state index contributed by atoms with van der Waals surface area (Å²) in [5, 5.41) is 3.13. The van der Waals surface area contributed by atoms with Gasteiger partial charge in [0.15, 0.2) is 0 Å². The van der Waals surface area contributed by atoms with Crippen molar-refractivity contribution in [1.82, 2.24) is 0 Å². The van der Waals surface area contributed by atoms with Crippen molar-refractivity contribution < 1.29 is 9.59 Å². The van der Waals surface area contributed by atoms with E-state index in [1.165, 1.54) is 12.8 Å². The Kier molecular flexibility index (Phi) is 2.80. The van der Waals surface area contributed by atoms with E-state index in [0.29, 0.717) is 17.3 Å². The van der Waals surface area contributed by atoms with Crippen LogP contribution in [0.3, 0.4) is 0 Å². The Hall–Kier alpha value is -2.10. The van der Waals surface area contributed by atoms with Gasteiger partial charge in [-0.15, -0.1) is 0 Å². The number of amides is 2. The Morgan fingerprint density at radius 3 is 2.79 bits per heavy atom. The van der Waals surface area contributed by atoms with Crippen LogP contribution in [-0.4, -0.2) is 18.4 Å². The smallest absolute Gasteiger partial charge is 0.228 e. The van der Waals surface area contributed by atoms with Crippen molar-refractivity contribution in [3.63, 3.8) is 0 Å². The lowest BCUT2D eigenvalue weighted by Gasteiger charge is -2.20. The topological polar surface area (TPSA) is 49.4 Å². The first kappa shape index (κ1) is 14.3. The third-order valence-corrected chi connectivity index (χ3v) is 6.68. The van der Waals surface area contributed by atoms with Crippen molar-refractivity contribution >= 4 is 23.2 Å². The van der Waals surface area contributed by atoms with E-state index in [9.17, 15) is 9.59 Å². The van der Waals surface area contributed by atoms with Crippen LogP contribution < -0.4 is 10.2 Å². The molecule has 0 radical (unpaired) electrons. The average Bonchev–Trinajstić information content (AvgIpc) is 3.02. The minimum atomic E-state index is 0.0778. The van der Waals surface area contributed by atoms with Gasteiger partial charge in [-0.2, -0.15) is 0 Å². The van der Waals surface area contributed by atoms with Gasteiger partial charge in [-0.1, -0.05) is 12.2 Å². The summed E-state index contributed by atoms with van der Waals surface area (Å²) >= 11 is 0. The number of anilines is 2. The number of nitrogens with zero attached hydrogens (tertiary/aromatic N) is 1. The Morgan fingerprint density at radius 1 is 1.25 bits per heavy atom. The lowest BCUT2D eigenvalue weighted by Crippen LogP contribution is -2.27. The Balaban J connectivity index is 1.33. The van der Waals surface area contributed by atoms with Crippen molar-refractivity contribution in [2.24, 2.45) is 23.2 Å². The average molecular weight is 322 g/mol. The minimum absolute atomic E-state index is 0.0778. The monoisotopic (exact) mass is 322 g/mol. The van der Waals surface area contributed by atoms with Crippen molar-refractivity contribution in [2.45, 2.75) is 32.6 Å². The second-order valence-electron chi connectivity index (χ2n) is 7.85. The second kappa shape index (κ2) is 4.71. The van der Waals surface area contributed by atoms with Crippen LogP contribution in [0.1, 0.15) is 31.7 Å². The van der Waals surface area contributed by atoms with E-state index in [-0.39, 0.29) is 17.7 Å². The van der Waals surface area contributed by atoms with Gasteiger partial charge in [0.25, 0.3) is 0 Å². The molecule has 4 heteroatoms. The van der Waals surface area contributed by atoms with Gasteiger partial charge < -0.3 is 10.2 Å². The third-order valence-electron chi connectivity index (χ3n) is 6.68. The summed E-state index contributed by atoms with van der Waals surface area (Å²) in [6, 6.07) is 5.92. The van der Waals surface area contributed by atoms with Crippen LogP contribution in [-0.2, 0) is 16.0 Å². The Bertz CT molecular complexity index is 778. The van der Waals surface area contributed by atoms with E-state index in [1.807, 2.05) is 18.2 Å². The largest absolute Gasteiger partial charge is 0.326 e. The Morgan fingerprint density at radius 2 is 2.08 bits per heavy atom. The van der Waals surface area contributed by atoms with Gasteiger partial charge in [0.05, 0.1) is 0 Å². The summed E-state index contributed by atoms with van der Waals surface area (Å²) in [5.41, 5.74) is 3.44. The van der Waals surface area contributed by atoms with Gasteiger partial charge in [0.1, 0.15) is 0 Å². The van der Waals surface area contributed by atoms with Crippen LogP contribution in [0.5, 0.6) is 0 Å². The number of carbonyl (C=O) groups excluding carboxylic acids is 2. The maximum absolute atomic E-state index is 12.8. The molecular weight excluding hydrogens is 300 g/mol. The van der Waals surface area contributed by atoms with Gasteiger partial charge in [0, 0.05) is 30.8 Å². The predicted octanol–water partition coefficient (Wildman–Crippen LogP) is 3.14. The number of benzene rings is 1. The molecule has 1 N–H and O–H groups in total. The molecule has 1 aromatic carbocycles. The summed E-state index contributed by atoms with van der Waals surface area (Å²) in [6.07, 6.45) is 9.08. The summed E-state index contributed by atoms with van der Waals surface area (Å²) < 4.78 is 0. The molecule has 0 aromatic heterocycles. The van der Waals surface area contributed by atoms with Gasteiger partial charge >= 0.3 is 0 Å². The van der Waals surface area contributed by atoms with Crippen molar-refractivity contribution in [1.29, 1.82) is 0 Å². The first-order valence-electron chi connectivity index (χ1n) is 8.99. The molecule has 0 unspecified atom stereocenters.